The number of nitrogens with zero attached hydrogens (tertiary/aromatic N) is 1. The van der Waals surface area contributed by atoms with Crippen LogP contribution in [0.15, 0.2) is 85.1 Å². The Hall–Kier alpha value is -4.43. The van der Waals surface area contributed by atoms with Crippen molar-refractivity contribution in [2.24, 2.45) is 11.1 Å². The summed E-state index contributed by atoms with van der Waals surface area (Å²) in [7, 11) is 0. The second kappa shape index (κ2) is 14.2. The van der Waals surface area contributed by atoms with Gasteiger partial charge in [-0.3, -0.25) is 14.4 Å². The number of aromatic nitrogens is 1. The molecule has 0 bridgehead atoms. The fourth-order valence-electron chi connectivity index (χ4n) is 6.00. The van der Waals surface area contributed by atoms with Crippen LogP contribution in [0.25, 0.3) is 10.9 Å². The van der Waals surface area contributed by atoms with Gasteiger partial charge in [0.15, 0.2) is 0 Å². The summed E-state index contributed by atoms with van der Waals surface area (Å²) in [4.78, 5) is 46.2. The average molecular weight is 583 g/mol. The second-order valence-electron chi connectivity index (χ2n) is 11.0. The molecule has 0 radical (unpaired) electrons. The zero-order valence-corrected chi connectivity index (χ0v) is 24.0. The third kappa shape index (κ3) is 7.14. The van der Waals surface area contributed by atoms with Crippen LogP contribution < -0.4 is 11.1 Å². The van der Waals surface area contributed by atoms with E-state index in [1.807, 2.05) is 66.9 Å². The summed E-state index contributed by atoms with van der Waals surface area (Å²) in [5.74, 6) is -0.853. The molecule has 2 atom stereocenters. The topological polar surface area (TPSA) is 118 Å². The molecule has 2 amide bonds. The lowest BCUT2D eigenvalue weighted by Crippen LogP contribution is -2.57. The maximum Gasteiger partial charge on any atom is 0.314 e. The van der Waals surface area contributed by atoms with Crippen molar-refractivity contribution < 1.29 is 19.1 Å². The largest absolute Gasteiger partial charge is 0.466 e. The molecule has 1 aliphatic heterocycles. The van der Waals surface area contributed by atoms with Gasteiger partial charge in [-0.05, 0) is 61.1 Å². The first kappa shape index (κ1) is 31.5. The van der Waals surface area contributed by atoms with Crippen molar-refractivity contribution in [2.75, 3.05) is 19.7 Å². The van der Waals surface area contributed by atoms with Crippen molar-refractivity contribution in [3.8, 4) is 0 Å². The minimum absolute atomic E-state index is 0. The number of H-pyrrole nitrogens is 1. The summed E-state index contributed by atoms with van der Waals surface area (Å²) in [6.45, 7) is 3.10. The summed E-state index contributed by atoms with van der Waals surface area (Å²) in [5, 5.41) is 4.01. The van der Waals surface area contributed by atoms with E-state index in [1.165, 1.54) is 0 Å². The highest BCUT2D eigenvalue weighted by Crippen LogP contribution is 2.36. The third-order valence-corrected chi connectivity index (χ3v) is 8.11. The number of hydrogen-bond acceptors (Lipinski definition) is 5. The van der Waals surface area contributed by atoms with E-state index in [9.17, 15) is 14.4 Å². The van der Waals surface area contributed by atoms with Crippen molar-refractivity contribution in [3.63, 3.8) is 0 Å². The van der Waals surface area contributed by atoms with Crippen LogP contribution in [-0.2, 0) is 33.7 Å². The predicted molar refractivity (Wildman–Crippen MR) is 169 cm³/mol. The van der Waals surface area contributed by atoms with Gasteiger partial charge in [0.25, 0.3) is 5.91 Å². The molecular weight excluding hydrogens is 540 g/mol. The van der Waals surface area contributed by atoms with E-state index in [-0.39, 0.29) is 38.4 Å². The quantitative estimate of drug-likeness (QED) is 0.227. The normalized spacial score (nSPS) is 17.1. The molecule has 0 aliphatic carbocycles. The van der Waals surface area contributed by atoms with Crippen molar-refractivity contribution in [1.29, 1.82) is 0 Å². The number of hydrogen-bond donors (Lipinski definition) is 3. The summed E-state index contributed by atoms with van der Waals surface area (Å²) in [5.41, 5.74) is 9.12. The summed E-state index contributed by atoms with van der Waals surface area (Å²) >= 11 is 0. The highest BCUT2D eigenvalue weighted by Gasteiger charge is 2.45. The molecule has 4 N–H and O–H groups in total. The van der Waals surface area contributed by atoms with Crippen LogP contribution in [0, 0.1) is 5.41 Å². The van der Waals surface area contributed by atoms with E-state index in [1.54, 1.807) is 30.0 Å². The summed E-state index contributed by atoms with van der Waals surface area (Å²) < 4.78 is 5.56. The number of esters is 1. The molecule has 43 heavy (non-hydrogen) atoms. The number of carbonyl (C=O) groups is 3. The Morgan fingerprint density at radius 2 is 1.77 bits per heavy atom. The van der Waals surface area contributed by atoms with Gasteiger partial charge in [-0.15, -0.1) is 0 Å². The number of amides is 2. The maximum absolute atomic E-state index is 14.3. The first-order chi connectivity index (χ1) is 20.4. The van der Waals surface area contributed by atoms with Crippen LogP contribution >= 0.6 is 0 Å². The number of nitrogens with one attached hydrogen (secondary N) is 2. The Morgan fingerprint density at radius 1 is 1.02 bits per heavy atom. The molecule has 3 aromatic carbocycles. The minimum Gasteiger partial charge on any atom is -0.466 e. The number of nitrogens with two attached hydrogens (primary N) is 1. The monoisotopic (exact) mass is 582 g/mol. The van der Waals surface area contributed by atoms with Crippen LogP contribution in [0.4, 0.5) is 0 Å². The first-order valence-electron chi connectivity index (χ1n) is 14.6. The molecule has 0 unspecified atom stereocenters. The van der Waals surface area contributed by atoms with Gasteiger partial charge < -0.3 is 25.7 Å². The molecular formula is C35H42N4O4. The lowest BCUT2D eigenvalue weighted by atomic mass is 9.75. The number of carbonyl (C=O) groups excluding carboxylic acids is 3. The van der Waals surface area contributed by atoms with Crippen molar-refractivity contribution >= 4 is 28.7 Å². The molecule has 0 spiro atoms. The third-order valence-electron chi connectivity index (χ3n) is 8.11. The number of aromatic amines is 1. The lowest BCUT2D eigenvalue weighted by Gasteiger charge is -2.42. The predicted octanol–water partition coefficient (Wildman–Crippen LogP) is 5.02. The highest BCUT2D eigenvalue weighted by molar-refractivity contribution is 5.98. The standard InChI is InChI=1S/C34H38N4O4.CH4/c1-2-42-33(41)34(20-24-10-4-3-5-11-24)16-9-17-38(23-34)32(40)30(19-27-22-36-29-15-7-6-14-28(27)29)37-31(39)26-13-8-12-25(18-26)21-35;/h3-8,10-15,18,22,30,36H,2,9,16-17,19-21,23,35H2,1H3,(H,37,39);1H4/t30-,34+;/m1./s1. The molecule has 2 heterocycles. The van der Waals surface area contributed by atoms with E-state index >= 15 is 0 Å². The molecule has 8 heteroatoms. The number of fused-ring (bicyclic) bond motifs is 1. The molecule has 8 nitrogen and oxygen atoms in total. The van der Waals surface area contributed by atoms with E-state index in [4.69, 9.17) is 10.5 Å². The van der Waals surface area contributed by atoms with E-state index < -0.39 is 11.5 Å². The van der Waals surface area contributed by atoms with Crippen molar-refractivity contribution in [2.45, 2.75) is 52.6 Å². The Bertz CT molecular complexity index is 1550. The highest BCUT2D eigenvalue weighted by atomic mass is 16.5. The number of piperidine rings is 1. The fraction of sp³-hybridized carbons (Fsp3) is 0.343. The van der Waals surface area contributed by atoms with Gasteiger partial charge in [-0.25, -0.2) is 0 Å². The Morgan fingerprint density at radius 3 is 2.53 bits per heavy atom. The zero-order valence-electron chi connectivity index (χ0n) is 24.0. The average Bonchev–Trinajstić information content (AvgIpc) is 3.43. The van der Waals surface area contributed by atoms with E-state index in [0.717, 1.165) is 27.6 Å². The van der Waals surface area contributed by atoms with Crippen LogP contribution in [0.3, 0.4) is 0 Å². The van der Waals surface area contributed by atoms with Crippen LogP contribution in [0.1, 0.15) is 54.2 Å². The second-order valence-corrected chi connectivity index (χ2v) is 11.0. The number of para-hydroxylation sites is 1. The lowest BCUT2D eigenvalue weighted by molar-refractivity contribution is -0.161. The molecule has 1 aliphatic rings. The van der Waals surface area contributed by atoms with Gasteiger partial charge in [0.2, 0.25) is 5.91 Å². The molecule has 1 saturated heterocycles. The van der Waals surface area contributed by atoms with Gasteiger partial charge in [0.1, 0.15) is 6.04 Å². The molecule has 5 rings (SSSR count). The van der Waals surface area contributed by atoms with Crippen molar-refractivity contribution in [1.82, 2.24) is 15.2 Å². The van der Waals surface area contributed by atoms with Crippen LogP contribution in [-0.4, -0.2) is 53.4 Å². The molecule has 1 fully saturated rings. The Balaban J connectivity index is 0.00000423. The van der Waals surface area contributed by atoms with Crippen LogP contribution in [0.2, 0.25) is 0 Å². The zero-order chi connectivity index (χ0) is 29.5. The van der Waals surface area contributed by atoms with Gasteiger partial charge >= 0.3 is 5.97 Å². The number of likely N-dealkylation sites (tertiary alicyclic amines) is 1. The molecule has 1 aromatic heterocycles. The fourth-order valence-corrected chi connectivity index (χ4v) is 6.00. The number of rotatable bonds is 10. The maximum atomic E-state index is 14.3. The van der Waals surface area contributed by atoms with E-state index in [2.05, 4.69) is 10.3 Å². The Labute approximate surface area is 253 Å². The number of benzene rings is 3. The summed E-state index contributed by atoms with van der Waals surface area (Å²) in [6, 6.07) is 24.0. The number of ether oxygens (including phenoxy) is 1. The molecule has 4 aromatic rings. The van der Waals surface area contributed by atoms with Gasteiger partial charge in [0.05, 0.1) is 12.0 Å². The molecule has 0 saturated carbocycles. The first-order valence-corrected chi connectivity index (χ1v) is 14.6. The smallest absolute Gasteiger partial charge is 0.314 e. The molecule has 226 valence electrons. The van der Waals surface area contributed by atoms with Crippen LogP contribution in [0.5, 0.6) is 0 Å². The summed E-state index contributed by atoms with van der Waals surface area (Å²) in [6.07, 6.45) is 3.94. The van der Waals surface area contributed by atoms with E-state index in [0.29, 0.717) is 44.3 Å². The SMILES string of the molecule is C.CCOC(=O)[C@]1(Cc2ccccc2)CCCN(C(=O)[C@@H](Cc2c[nH]c3ccccc23)NC(=O)c2cccc(CN)c2)C1. The minimum atomic E-state index is -0.865. The van der Waals surface area contributed by atoms with Gasteiger partial charge in [-0.2, -0.15) is 0 Å². The Kier molecular flexibility index (Phi) is 10.4. The van der Waals surface area contributed by atoms with Gasteiger partial charge in [0, 0.05) is 48.7 Å². The van der Waals surface area contributed by atoms with Gasteiger partial charge in [-0.1, -0.05) is 68.1 Å². The van der Waals surface area contributed by atoms with Crippen molar-refractivity contribution in [3.05, 3.63) is 107 Å².